The fraction of sp³-hybridized carbons (Fsp3) is 0.529. The van der Waals surface area contributed by atoms with Gasteiger partial charge < -0.3 is 14.6 Å². The topological polar surface area (TPSA) is 78.1 Å². The summed E-state index contributed by atoms with van der Waals surface area (Å²) in [6.45, 7) is 3.66. The van der Waals surface area contributed by atoms with Gasteiger partial charge >= 0.3 is 5.97 Å². The van der Waals surface area contributed by atoms with Crippen molar-refractivity contribution < 1.29 is 15.0 Å². The van der Waals surface area contributed by atoms with E-state index in [2.05, 4.69) is 9.88 Å². The Balaban J connectivity index is 1.82. The molecule has 6 nitrogen and oxygen atoms in total. The first-order valence-corrected chi connectivity index (χ1v) is 8.11. The number of carboxylic acids is 1. The monoisotopic (exact) mass is 317 g/mol. The largest absolute Gasteiger partial charge is 0.481 e. The minimum Gasteiger partial charge on any atom is -0.481 e. The fourth-order valence-corrected chi connectivity index (χ4v) is 3.64. The van der Waals surface area contributed by atoms with Gasteiger partial charge in [0.25, 0.3) is 0 Å². The first kappa shape index (κ1) is 16.0. The van der Waals surface area contributed by atoms with Crippen LogP contribution in [0.3, 0.4) is 0 Å². The normalized spacial score (nSPS) is 25.7. The second-order valence-electron chi connectivity index (χ2n) is 6.40. The van der Waals surface area contributed by atoms with Crippen LogP contribution in [0.5, 0.6) is 0 Å². The number of nitrogens with zero attached hydrogens (tertiary/aromatic N) is 3. The molecule has 1 aliphatic heterocycles. The van der Waals surface area contributed by atoms with Crippen molar-refractivity contribution in [2.45, 2.75) is 38.8 Å². The molecule has 0 aliphatic carbocycles. The number of likely N-dealkylation sites (tertiary alicyclic amines) is 1. The Morgan fingerprint density at radius 1 is 1.48 bits per heavy atom. The average molecular weight is 317 g/mol. The smallest absolute Gasteiger partial charge is 0.313 e. The van der Waals surface area contributed by atoms with Crippen molar-refractivity contribution >= 4 is 11.6 Å². The summed E-state index contributed by atoms with van der Waals surface area (Å²) in [7, 11) is 0. The van der Waals surface area contributed by atoms with Gasteiger partial charge in [0, 0.05) is 25.8 Å². The molecule has 0 aromatic carbocycles. The molecule has 2 aromatic heterocycles. The molecule has 0 spiro atoms. The number of fused-ring (bicyclic) bond motifs is 1. The van der Waals surface area contributed by atoms with Crippen molar-refractivity contribution in [2.75, 3.05) is 13.1 Å². The maximum Gasteiger partial charge on any atom is 0.313 e. The van der Waals surface area contributed by atoms with E-state index in [1.165, 1.54) is 0 Å². The number of aliphatic hydroxyl groups is 1. The van der Waals surface area contributed by atoms with E-state index in [1.54, 1.807) is 0 Å². The summed E-state index contributed by atoms with van der Waals surface area (Å²) in [5, 5.41) is 20.0. The predicted molar refractivity (Wildman–Crippen MR) is 86.1 cm³/mol. The summed E-state index contributed by atoms with van der Waals surface area (Å²) < 4.78 is 2.02. The summed E-state index contributed by atoms with van der Waals surface area (Å²) >= 11 is 0. The van der Waals surface area contributed by atoms with Crippen LogP contribution in [0.2, 0.25) is 0 Å². The van der Waals surface area contributed by atoms with E-state index in [4.69, 9.17) is 0 Å². The first-order valence-electron chi connectivity index (χ1n) is 8.11. The number of aliphatic hydroxyl groups excluding tert-OH is 1. The summed E-state index contributed by atoms with van der Waals surface area (Å²) in [5.74, 6) is -0.894. The van der Waals surface area contributed by atoms with Crippen LogP contribution < -0.4 is 0 Å². The number of carboxylic acid groups (broad SMARTS) is 1. The van der Waals surface area contributed by atoms with Crippen molar-refractivity contribution in [3.63, 3.8) is 0 Å². The lowest BCUT2D eigenvalue weighted by molar-refractivity contribution is -0.164. The number of hydrogen-bond donors (Lipinski definition) is 2. The lowest BCUT2D eigenvalue weighted by Crippen LogP contribution is -2.55. The van der Waals surface area contributed by atoms with Crippen LogP contribution in [-0.4, -0.2) is 49.7 Å². The van der Waals surface area contributed by atoms with Crippen LogP contribution >= 0.6 is 0 Å². The van der Waals surface area contributed by atoms with Gasteiger partial charge in [-0.15, -0.1) is 0 Å². The molecule has 2 atom stereocenters. The molecular formula is C17H23N3O3. The number of piperidine rings is 1. The maximum absolute atomic E-state index is 11.8. The van der Waals surface area contributed by atoms with Gasteiger partial charge in [-0.2, -0.15) is 0 Å². The first-order chi connectivity index (χ1) is 11.1. The van der Waals surface area contributed by atoms with Crippen LogP contribution in [0.25, 0.3) is 5.65 Å². The van der Waals surface area contributed by atoms with Crippen LogP contribution in [0, 0.1) is 5.41 Å². The minimum absolute atomic E-state index is 0.372. The van der Waals surface area contributed by atoms with Crippen LogP contribution in [0.15, 0.2) is 30.6 Å². The Morgan fingerprint density at radius 2 is 2.30 bits per heavy atom. The molecule has 2 N–H and O–H groups in total. The number of imidazole rings is 1. The number of carbonyl (C=O) groups is 1. The van der Waals surface area contributed by atoms with Crippen LogP contribution in [0.1, 0.15) is 31.9 Å². The molecule has 3 heterocycles. The number of hydrogen-bond acceptors (Lipinski definition) is 4. The molecule has 1 aliphatic rings. The van der Waals surface area contributed by atoms with E-state index >= 15 is 0 Å². The highest BCUT2D eigenvalue weighted by Gasteiger charge is 2.48. The SMILES string of the molecule is CCC[C@@]1(C(=O)O)CN(Cc2cnc3ccccn23)CC[C@@H]1O. The zero-order valence-electron chi connectivity index (χ0n) is 13.4. The number of aliphatic carboxylic acids is 1. The van der Waals surface area contributed by atoms with E-state index in [0.717, 1.165) is 17.8 Å². The molecule has 0 bridgehead atoms. The van der Waals surface area contributed by atoms with E-state index in [9.17, 15) is 15.0 Å². The van der Waals surface area contributed by atoms with Gasteiger partial charge in [0.15, 0.2) is 0 Å². The van der Waals surface area contributed by atoms with Gasteiger partial charge in [0.2, 0.25) is 0 Å². The zero-order valence-corrected chi connectivity index (χ0v) is 13.4. The summed E-state index contributed by atoms with van der Waals surface area (Å²) in [4.78, 5) is 18.3. The highest BCUT2D eigenvalue weighted by molar-refractivity contribution is 5.76. The van der Waals surface area contributed by atoms with Crippen molar-refractivity contribution in [1.29, 1.82) is 0 Å². The quantitative estimate of drug-likeness (QED) is 0.879. The van der Waals surface area contributed by atoms with Crippen molar-refractivity contribution in [3.05, 3.63) is 36.3 Å². The van der Waals surface area contributed by atoms with Gasteiger partial charge in [-0.05, 0) is 25.0 Å². The number of rotatable bonds is 5. The summed E-state index contributed by atoms with van der Waals surface area (Å²) in [5.41, 5.74) is 0.860. The van der Waals surface area contributed by atoms with E-state index in [0.29, 0.717) is 32.5 Å². The maximum atomic E-state index is 11.8. The minimum atomic E-state index is -1.06. The molecule has 6 heteroatoms. The molecular weight excluding hydrogens is 294 g/mol. The third kappa shape index (κ3) is 2.84. The summed E-state index contributed by atoms with van der Waals surface area (Å²) in [6, 6.07) is 5.85. The standard InChI is InChI=1S/C17H23N3O3/c1-2-7-17(16(22)23)12-19(9-6-14(17)21)11-13-10-18-15-5-3-4-8-20(13)15/h3-5,8,10,14,21H,2,6-7,9,11-12H2,1H3,(H,22,23)/t14-,17+/m0/s1. The third-order valence-electron chi connectivity index (χ3n) is 4.86. The Labute approximate surface area is 135 Å². The molecule has 1 saturated heterocycles. The Bertz CT molecular complexity index is 699. The molecule has 2 aromatic rings. The lowest BCUT2D eigenvalue weighted by atomic mass is 9.74. The highest BCUT2D eigenvalue weighted by Crippen LogP contribution is 2.36. The van der Waals surface area contributed by atoms with Crippen molar-refractivity contribution in [3.8, 4) is 0 Å². The van der Waals surface area contributed by atoms with E-state index in [1.807, 2.05) is 41.9 Å². The van der Waals surface area contributed by atoms with Crippen molar-refractivity contribution in [2.24, 2.45) is 5.41 Å². The molecule has 23 heavy (non-hydrogen) atoms. The Kier molecular flexibility index (Phi) is 4.37. The molecule has 0 amide bonds. The second-order valence-corrected chi connectivity index (χ2v) is 6.40. The number of pyridine rings is 1. The second kappa shape index (κ2) is 6.29. The Hall–Kier alpha value is -1.92. The predicted octanol–water partition coefficient (Wildman–Crippen LogP) is 1.77. The van der Waals surface area contributed by atoms with Crippen LogP contribution in [-0.2, 0) is 11.3 Å². The molecule has 1 fully saturated rings. The fourth-order valence-electron chi connectivity index (χ4n) is 3.64. The van der Waals surface area contributed by atoms with E-state index in [-0.39, 0.29) is 0 Å². The van der Waals surface area contributed by atoms with E-state index < -0.39 is 17.5 Å². The van der Waals surface area contributed by atoms with Crippen molar-refractivity contribution in [1.82, 2.24) is 14.3 Å². The van der Waals surface area contributed by atoms with Gasteiger partial charge in [-0.3, -0.25) is 9.69 Å². The summed E-state index contributed by atoms with van der Waals surface area (Å²) in [6.07, 6.45) is 4.75. The van der Waals surface area contributed by atoms with Gasteiger partial charge in [0.1, 0.15) is 11.1 Å². The van der Waals surface area contributed by atoms with Gasteiger partial charge in [-0.25, -0.2) is 4.98 Å². The lowest BCUT2D eigenvalue weighted by Gasteiger charge is -2.43. The molecule has 3 rings (SSSR count). The zero-order chi connectivity index (χ0) is 16.4. The van der Waals surface area contributed by atoms with Crippen LogP contribution in [0.4, 0.5) is 0 Å². The highest BCUT2D eigenvalue weighted by atomic mass is 16.4. The van der Waals surface area contributed by atoms with Gasteiger partial charge in [-0.1, -0.05) is 19.4 Å². The average Bonchev–Trinajstić information content (AvgIpc) is 2.94. The van der Waals surface area contributed by atoms with Gasteiger partial charge in [0.05, 0.1) is 18.0 Å². The third-order valence-corrected chi connectivity index (χ3v) is 4.86. The molecule has 0 radical (unpaired) electrons. The molecule has 124 valence electrons. The Morgan fingerprint density at radius 3 is 3.04 bits per heavy atom. The molecule has 0 unspecified atom stereocenters. The molecule has 0 saturated carbocycles. The number of aromatic nitrogens is 2.